The first-order valence-corrected chi connectivity index (χ1v) is 9.11. The number of nitrogens with two attached hydrogens (primary N) is 1. The van der Waals surface area contributed by atoms with E-state index in [-0.39, 0.29) is 6.04 Å². The fourth-order valence-corrected chi connectivity index (χ4v) is 2.98. The Morgan fingerprint density at radius 1 is 0.905 bits per heavy atom. The van der Waals surface area contributed by atoms with Gasteiger partial charge in [-0.05, 0) is 12.5 Å². The van der Waals surface area contributed by atoms with E-state index in [0.717, 1.165) is 18.6 Å². The molecule has 0 aliphatic heterocycles. The Labute approximate surface area is 131 Å². The smallest absolute Gasteiger partial charge is 0.108 e. The molecule has 0 amide bonds. The van der Waals surface area contributed by atoms with Crippen LogP contribution in [0.25, 0.3) is 0 Å². The van der Waals surface area contributed by atoms with Crippen molar-refractivity contribution in [3.63, 3.8) is 0 Å². The average molecular weight is 293 g/mol. The summed E-state index contributed by atoms with van der Waals surface area (Å²) in [4.78, 5) is 0. The molecule has 0 spiro atoms. The number of hydrogen-bond donors (Lipinski definition) is 1. The van der Waals surface area contributed by atoms with Gasteiger partial charge in [0.05, 0.1) is 6.26 Å². The molecule has 122 valence electrons. The summed E-state index contributed by atoms with van der Waals surface area (Å²) in [6, 6.07) is 2.20. The van der Waals surface area contributed by atoms with Crippen LogP contribution in [0.15, 0.2) is 16.7 Å². The van der Waals surface area contributed by atoms with E-state index in [0.29, 0.717) is 0 Å². The topological polar surface area (TPSA) is 39.2 Å². The molecule has 0 fully saturated rings. The Bertz CT molecular complexity index is 345. The van der Waals surface area contributed by atoms with Crippen LogP contribution in [0.3, 0.4) is 0 Å². The summed E-state index contributed by atoms with van der Waals surface area (Å²) in [6.07, 6.45) is 17.6. The quantitative estimate of drug-likeness (QED) is 0.443. The van der Waals surface area contributed by atoms with Crippen molar-refractivity contribution in [3.8, 4) is 0 Å². The lowest BCUT2D eigenvalue weighted by molar-refractivity contribution is 0.494. The van der Waals surface area contributed by atoms with E-state index in [2.05, 4.69) is 13.8 Å². The fourth-order valence-electron chi connectivity index (χ4n) is 2.98. The van der Waals surface area contributed by atoms with Gasteiger partial charge in [-0.2, -0.15) is 0 Å². The Morgan fingerprint density at radius 3 is 2.05 bits per heavy atom. The molecule has 21 heavy (non-hydrogen) atoms. The van der Waals surface area contributed by atoms with Crippen LogP contribution in [0.2, 0.25) is 0 Å². The minimum atomic E-state index is 0.160. The van der Waals surface area contributed by atoms with Crippen molar-refractivity contribution in [2.45, 2.75) is 96.9 Å². The molecule has 0 bridgehead atoms. The molecule has 0 aromatic carbocycles. The molecule has 1 aromatic rings. The minimum absolute atomic E-state index is 0.160. The third kappa shape index (κ3) is 7.71. The summed E-state index contributed by atoms with van der Waals surface area (Å²) in [7, 11) is 0. The molecular weight excluding hydrogens is 258 g/mol. The first-order valence-electron chi connectivity index (χ1n) is 9.11. The summed E-state index contributed by atoms with van der Waals surface area (Å²) in [5.41, 5.74) is 7.48. The molecule has 1 atom stereocenters. The minimum Gasteiger partial charge on any atom is -0.469 e. The molecule has 1 aromatic heterocycles. The van der Waals surface area contributed by atoms with Crippen molar-refractivity contribution in [3.05, 3.63) is 23.7 Å². The number of unbranched alkanes of at least 4 members (excludes halogenated alkanes) is 9. The zero-order valence-electron chi connectivity index (χ0n) is 14.2. The van der Waals surface area contributed by atoms with Crippen molar-refractivity contribution in [2.75, 3.05) is 0 Å². The molecule has 0 saturated heterocycles. The third-order valence-electron chi connectivity index (χ3n) is 4.37. The Balaban J connectivity index is 1.97. The predicted molar refractivity (Wildman–Crippen MR) is 91.5 cm³/mol. The zero-order valence-corrected chi connectivity index (χ0v) is 14.2. The van der Waals surface area contributed by atoms with E-state index in [1.165, 1.54) is 69.8 Å². The SMILES string of the molecule is CCCCCCCCCCCCC(N)c1ccoc1CC. The van der Waals surface area contributed by atoms with Crippen LogP contribution in [-0.2, 0) is 6.42 Å². The monoisotopic (exact) mass is 293 g/mol. The summed E-state index contributed by atoms with van der Waals surface area (Å²) >= 11 is 0. The maximum atomic E-state index is 6.26. The van der Waals surface area contributed by atoms with Gasteiger partial charge < -0.3 is 10.2 Å². The number of rotatable bonds is 13. The Morgan fingerprint density at radius 2 is 1.48 bits per heavy atom. The standard InChI is InChI=1S/C19H35NO/c1-3-5-6-7-8-9-10-11-12-13-14-18(20)17-15-16-21-19(17)4-2/h15-16,18H,3-14,20H2,1-2H3. The van der Waals surface area contributed by atoms with E-state index in [1.807, 2.05) is 6.07 Å². The van der Waals surface area contributed by atoms with Gasteiger partial charge in [0.1, 0.15) is 5.76 Å². The lowest BCUT2D eigenvalue weighted by atomic mass is 9.99. The van der Waals surface area contributed by atoms with Gasteiger partial charge in [-0.15, -0.1) is 0 Å². The van der Waals surface area contributed by atoms with Gasteiger partial charge in [0.2, 0.25) is 0 Å². The number of aryl methyl sites for hydroxylation is 1. The molecule has 0 saturated carbocycles. The van der Waals surface area contributed by atoms with Crippen molar-refractivity contribution >= 4 is 0 Å². The average Bonchev–Trinajstić information content (AvgIpc) is 2.97. The highest BCUT2D eigenvalue weighted by Gasteiger charge is 2.12. The van der Waals surface area contributed by atoms with Crippen LogP contribution < -0.4 is 5.73 Å². The largest absolute Gasteiger partial charge is 0.469 e. The van der Waals surface area contributed by atoms with Crippen LogP contribution >= 0.6 is 0 Å². The van der Waals surface area contributed by atoms with Crippen molar-refractivity contribution in [1.82, 2.24) is 0 Å². The third-order valence-corrected chi connectivity index (χ3v) is 4.37. The molecule has 1 heterocycles. The molecule has 1 unspecified atom stereocenters. The normalized spacial score (nSPS) is 12.7. The molecule has 0 aliphatic carbocycles. The predicted octanol–water partition coefficient (Wildman–Crippen LogP) is 6.15. The van der Waals surface area contributed by atoms with Gasteiger partial charge in [-0.25, -0.2) is 0 Å². The maximum absolute atomic E-state index is 6.26. The Hall–Kier alpha value is -0.760. The lowest BCUT2D eigenvalue weighted by Gasteiger charge is -2.11. The second-order valence-electron chi connectivity index (χ2n) is 6.23. The highest BCUT2D eigenvalue weighted by atomic mass is 16.3. The molecule has 2 heteroatoms. The second-order valence-corrected chi connectivity index (χ2v) is 6.23. The van der Waals surface area contributed by atoms with Crippen molar-refractivity contribution in [1.29, 1.82) is 0 Å². The summed E-state index contributed by atoms with van der Waals surface area (Å²) in [6.45, 7) is 4.40. The van der Waals surface area contributed by atoms with E-state index in [1.54, 1.807) is 6.26 Å². The van der Waals surface area contributed by atoms with E-state index in [4.69, 9.17) is 10.2 Å². The lowest BCUT2D eigenvalue weighted by Crippen LogP contribution is -2.10. The van der Waals surface area contributed by atoms with Gasteiger partial charge in [-0.1, -0.05) is 78.1 Å². The van der Waals surface area contributed by atoms with E-state index in [9.17, 15) is 0 Å². The van der Waals surface area contributed by atoms with Crippen LogP contribution in [-0.4, -0.2) is 0 Å². The summed E-state index contributed by atoms with van der Waals surface area (Å²) in [5, 5.41) is 0. The highest BCUT2D eigenvalue weighted by molar-refractivity contribution is 5.20. The van der Waals surface area contributed by atoms with Gasteiger partial charge in [0.15, 0.2) is 0 Å². The van der Waals surface area contributed by atoms with Crippen LogP contribution in [0.1, 0.15) is 102 Å². The van der Waals surface area contributed by atoms with Crippen LogP contribution in [0, 0.1) is 0 Å². The maximum Gasteiger partial charge on any atom is 0.108 e. The van der Waals surface area contributed by atoms with Gasteiger partial charge in [-0.3, -0.25) is 0 Å². The molecular formula is C19H35NO. The molecule has 1 rings (SSSR count). The fraction of sp³-hybridized carbons (Fsp3) is 0.789. The molecule has 0 aliphatic rings. The van der Waals surface area contributed by atoms with Crippen LogP contribution in [0.4, 0.5) is 0 Å². The van der Waals surface area contributed by atoms with E-state index < -0.39 is 0 Å². The second kappa shape index (κ2) is 11.9. The molecule has 2 nitrogen and oxygen atoms in total. The van der Waals surface area contributed by atoms with Crippen LogP contribution in [0.5, 0.6) is 0 Å². The van der Waals surface area contributed by atoms with Crippen molar-refractivity contribution in [2.24, 2.45) is 5.73 Å². The van der Waals surface area contributed by atoms with Gasteiger partial charge in [0.25, 0.3) is 0 Å². The van der Waals surface area contributed by atoms with E-state index >= 15 is 0 Å². The molecule has 2 N–H and O–H groups in total. The highest BCUT2D eigenvalue weighted by Crippen LogP contribution is 2.23. The first-order chi connectivity index (χ1) is 10.3. The summed E-state index contributed by atoms with van der Waals surface area (Å²) < 4.78 is 5.45. The zero-order chi connectivity index (χ0) is 15.3. The number of furan rings is 1. The number of hydrogen-bond acceptors (Lipinski definition) is 2. The first kappa shape index (κ1) is 18.3. The summed E-state index contributed by atoms with van der Waals surface area (Å²) in [5.74, 6) is 1.06. The van der Waals surface area contributed by atoms with Crippen molar-refractivity contribution < 1.29 is 4.42 Å². The Kier molecular flexibility index (Phi) is 10.3. The van der Waals surface area contributed by atoms with Gasteiger partial charge in [0, 0.05) is 18.0 Å². The molecule has 0 radical (unpaired) electrons. The van der Waals surface area contributed by atoms with Gasteiger partial charge >= 0.3 is 0 Å².